The average molecular weight is 329 g/mol. The van der Waals surface area contributed by atoms with Gasteiger partial charge in [-0.25, -0.2) is 13.1 Å². The topological polar surface area (TPSA) is 75.6 Å². The molecule has 1 aromatic carbocycles. The first-order valence-corrected chi connectivity index (χ1v) is 8.83. The number of benzene rings is 1. The Labute approximate surface area is 133 Å². The zero-order valence-corrected chi connectivity index (χ0v) is 14.8. The van der Waals surface area contributed by atoms with Crippen molar-refractivity contribution < 1.29 is 18.3 Å². The molecule has 0 heterocycles. The van der Waals surface area contributed by atoms with Crippen LogP contribution in [0.5, 0.6) is 0 Å². The zero-order chi connectivity index (χ0) is 17.0. The fraction of sp³-hybridized carbons (Fsp3) is 0.625. The quantitative estimate of drug-likeness (QED) is 0.802. The van der Waals surface area contributed by atoms with Gasteiger partial charge in [-0.15, -0.1) is 0 Å². The average Bonchev–Trinajstić information content (AvgIpc) is 2.37. The van der Waals surface area contributed by atoms with E-state index in [0.29, 0.717) is 12.0 Å². The van der Waals surface area contributed by atoms with Gasteiger partial charge in [0.1, 0.15) is 0 Å². The number of aliphatic hydroxyl groups excluding tert-OH is 1. The largest absolute Gasteiger partial charge is 0.396 e. The Hall–Kier alpha value is -0.950. The van der Waals surface area contributed by atoms with Gasteiger partial charge in [0.2, 0.25) is 10.0 Å². The van der Waals surface area contributed by atoms with E-state index in [1.54, 1.807) is 13.0 Å². The van der Waals surface area contributed by atoms with Gasteiger partial charge in [-0.05, 0) is 36.0 Å². The Bertz CT molecular complexity index is 585. The molecule has 5 nitrogen and oxygen atoms in total. The van der Waals surface area contributed by atoms with E-state index in [-0.39, 0.29) is 23.5 Å². The van der Waals surface area contributed by atoms with Crippen molar-refractivity contribution >= 4 is 10.0 Å². The second kappa shape index (κ2) is 7.55. The standard InChI is InChI=1S/C16H27NO4S/c1-12-6-7-13(16(2,3)4)10-15(12)22(19,20)17-14(8-9-18)11-21-5/h6-7,10,14,17-18H,8-9,11H2,1-5H3/t14-/m1/s1. The van der Waals surface area contributed by atoms with E-state index in [0.717, 1.165) is 5.56 Å². The van der Waals surface area contributed by atoms with Crippen LogP contribution in [0.1, 0.15) is 38.3 Å². The van der Waals surface area contributed by atoms with Gasteiger partial charge in [0, 0.05) is 19.8 Å². The van der Waals surface area contributed by atoms with E-state index in [4.69, 9.17) is 9.84 Å². The molecule has 126 valence electrons. The third kappa shape index (κ3) is 5.05. The van der Waals surface area contributed by atoms with Crippen molar-refractivity contribution in [2.75, 3.05) is 20.3 Å². The lowest BCUT2D eigenvalue weighted by molar-refractivity contribution is 0.158. The van der Waals surface area contributed by atoms with Gasteiger partial charge in [-0.2, -0.15) is 0 Å². The van der Waals surface area contributed by atoms with Gasteiger partial charge in [0.05, 0.1) is 11.5 Å². The van der Waals surface area contributed by atoms with Crippen LogP contribution >= 0.6 is 0 Å². The molecule has 2 N–H and O–H groups in total. The molecule has 0 fully saturated rings. The fourth-order valence-electron chi connectivity index (χ4n) is 2.17. The van der Waals surface area contributed by atoms with Gasteiger partial charge in [0.25, 0.3) is 0 Å². The first kappa shape index (κ1) is 19.1. The van der Waals surface area contributed by atoms with Crippen molar-refractivity contribution in [1.29, 1.82) is 0 Å². The summed E-state index contributed by atoms with van der Waals surface area (Å²) in [5, 5.41) is 9.05. The summed E-state index contributed by atoms with van der Waals surface area (Å²) >= 11 is 0. The summed E-state index contributed by atoms with van der Waals surface area (Å²) in [6.07, 6.45) is 0.311. The Morgan fingerprint density at radius 3 is 2.45 bits per heavy atom. The molecule has 0 saturated heterocycles. The van der Waals surface area contributed by atoms with Crippen LogP contribution in [0.2, 0.25) is 0 Å². The maximum atomic E-state index is 12.6. The number of ether oxygens (including phenoxy) is 1. The van der Waals surface area contributed by atoms with Crippen LogP contribution < -0.4 is 4.72 Å². The summed E-state index contributed by atoms with van der Waals surface area (Å²) in [6, 6.07) is 5.06. The molecule has 1 atom stereocenters. The van der Waals surface area contributed by atoms with Crippen molar-refractivity contribution in [3.63, 3.8) is 0 Å². The summed E-state index contributed by atoms with van der Waals surface area (Å²) in [5.41, 5.74) is 1.53. The van der Waals surface area contributed by atoms with Crippen molar-refractivity contribution in [3.8, 4) is 0 Å². The number of hydrogen-bond acceptors (Lipinski definition) is 4. The number of rotatable bonds is 7. The Morgan fingerprint density at radius 1 is 1.32 bits per heavy atom. The molecule has 0 aliphatic rings. The van der Waals surface area contributed by atoms with E-state index < -0.39 is 16.1 Å². The van der Waals surface area contributed by atoms with Crippen LogP contribution in [-0.4, -0.2) is 39.9 Å². The number of methoxy groups -OCH3 is 1. The van der Waals surface area contributed by atoms with Crippen molar-refractivity contribution in [3.05, 3.63) is 29.3 Å². The molecule has 0 bridgehead atoms. The van der Waals surface area contributed by atoms with Crippen LogP contribution in [0.25, 0.3) is 0 Å². The van der Waals surface area contributed by atoms with Crippen LogP contribution in [0.3, 0.4) is 0 Å². The minimum absolute atomic E-state index is 0.0996. The highest BCUT2D eigenvalue weighted by atomic mass is 32.2. The highest BCUT2D eigenvalue weighted by Crippen LogP contribution is 2.26. The fourth-order valence-corrected chi connectivity index (χ4v) is 3.70. The highest BCUT2D eigenvalue weighted by Gasteiger charge is 2.24. The van der Waals surface area contributed by atoms with E-state index in [1.807, 2.05) is 32.9 Å². The number of aliphatic hydroxyl groups is 1. The molecule has 0 unspecified atom stereocenters. The minimum Gasteiger partial charge on any atom is -0.396 e. The van der Waals surface area contributed by atoms with E-state index in [1.165, 1.54) is 7.11 Å². The van der Waals surface area contributed by atoms with Gasteiger partial charge in [0.15, 0.2) is 0 Å². The maximum Gasteiger partial charge on any atom is 0.241 e. The molecule has 0 saturated carbocycles. The smallest absolute Gasteiger partial charge is 0.241 e. The van der Waals surface area contributed by atoms with Gasteiger partial charge < -0.3 is 9.84 Å². The Morgan fingerprint density at radius 2 is 1.95 bits per heavy atom. The van der Waals surface area contributed by atoms with Gasteiger partial charge in [-0.3, -0.25) is 0 Å². The molecule has 22 heavy (non-hydrogen) atoms. The highest BCUT2D eigenvalue weighted by molar-refractivity contribution is 7.89. The monoisotopic (exact) mass is 329 g/mol. The lowest BCUT2D eigenvalue weighted by Gasteiger charge is -2.22. The molecular weight excluding hydrogens is 302 g/mol. The predicted molar refractivity (Wildman–Crippen MR) is 87.6 cm³/mol. The SMILES string of the molecule is COC[C@@H](CCO)NS(=O)(=O)c1cc(C(C)(C)C)ccc1C. The number of nitrogens with one attached hydrogen (secondary N) is 1. The van der Waals surface area contributed by atoms with Crippen LogP contribution in [0.15, 0.2) is 23.1 Å². The van der Waals surface area contributed by atoms with E-state index in [2.05, 4.69) is 4.72 Å². The summed E-state index contributed by atoms with van der Waals surface area (Å²) in [4.78, 5) is 0.277. The second-order valence-electron chi connectivity index (χ2n) is 6.52. The second-order valence-corrected chi connectivity index (χ2v) is 8.20. The van der Waals surface area contributed by atoms with E-state index >= 15 is 0 Å². The molecular formula is C16H27NO4S. The normalized spacial score (nSPS) is 14.1. The number of hydrogen-bond donors (Lipinski definition) is 2. The minimum atomic E-state index is -3.66. The van der Waals surface area contributed by atoms with Gasteiger partial charge >= 0.3 is 0 Å². The Kier molecular flexibility index (Phi) is 6.55. The van der Waals surface area contributed by atoms with Crippen LogP contribution in [0, 0.1) is 6.92 Å². The molecule has 0 radical (unpaired) electrons. The lowest BCUT2D eigenvalue weighted by Crippen LogP contribution is -2.39. The summed E-state index contributed by atoms with van der Waals surface area (Å²) < 4.78 is 32.9. The predicted octanol–water partition coefficient (Wildman–Crippen LogP) is 1.97. The summed E-state index contributed by atoms with van der Waals surface area (Å²) in [7, 11) is -2.15. The third-order valence-electron chi connectivity index (χ3n) is 3.51. The van der Waals surface area contributed by atoms with Crippen molar-refractivity contribution in [2.24, 2.45) is 0 Å². The Balaban J connectivity index is 3.16. The maximum absolute atomic E-state index is 12.6. The summed E-state index contributed by atoms with van der Waals surface area (Å²) in [6.45, 7) is 8.02. The van der Waals surface area contributed by atoms with Crippen LogP contribution in [-0.2, 0) is 20.2 Å². The van der Waals surface area contributed by atoms with Crippen molar-refractivity contribution in [2.45, 2.75) is 50.5 Å². The summed E-state index contributed by atoms with van der Waals surface area (Å²) in [5.74, 6) is 0. The van der Waals surface area contributed by atoms with Crippen LogP contribution in [0.4, 0.5) is 0 Å². The first-order chi connectivity index (χ1) is 10.1. The number of aryl methyl sites for hydroxylation is 1. The zero-order valence-electron chi connectivity index (χ0n) is 14.0. The van der Waals surface area contributed by atoms with Gasteiger partial charge in [-0.1, -0.05) is 32.9 Å². The molecule has 0 spiro atoms. The molecule has 0 aliphatic heterocycles. The first-order valence-electron chi connectivity index (χ1n) is 7.35. The molecule has 0 aromatic heterocycles. The molecule has 0 amide bonds. The molecule has 1 rings (SSSR count). The van der Waals surface area contributed by atoms with Crippen molar-refractivity contribution in [1.82, 2.24) is 4.72 Å². The molecule has 1 aromatic rings. The molecule has 6 heteroatoms. The number of sulfonamides is 1. The van der Waals surface area contributed by atoms with E-state index in [9.17, 15) is 8.42 Å². The third-order valence-corrected chi connectivity index (χ3v) is 5.17. The molecule has 0 aliphatic carbocycles. The lowest BCUT2D eigenvalue weighted by atomic mass is 9.87.